The fourth-order valence-electron chi connectivity index (χ4n) is 2.90. The van der Waals surface area contributed by atoms with Crippen LogP contribution in [0.1, 0.15) is 43.4 Å². The minimum Gasteiger partial charge on any atom is -0.497 e. The molecule has 2 aromatic carbocycles. The lowest BCUT2D eigenvalue weighted by Crippen LogP contribution is -2.17. The Morgan fingerprint density at radius 1 is 1.07 bits per heavy atom. The number of rotatable bonds is 11. The van der Waals surface area contributed by atoms with Gasteiger partial charge in [-0.1, -0.05) is 6.07 Å². The quantitative estimate of drug-likeness (QED) is 0.453. The van der Waals surface area contributed by atoms with Gasteiger partial charge in [0.05, 0.1) is 26.5 Å². The monoisotopic (exact) mass is 398 g/mol. The van der Waals surface area contributed by atoms with Crippen molar-refractivity contribution in [2.75, 3.05) is 20.3 Å². The Morgan fingerprint density at radius 3 is 2.52 bits per heavy atom. The van der Waals surface area contributed by atoms with Gasteiger partial charge in [0.25, 0.3) is 0 Å². The van der Waals surface area contributed by atoms with Gasteiger partial charge in [-0.2, -0.15) is 5.10 Å². The van der Waals surface area contributed by atoms with Crippen molar-refractivity contribution in [3.05, 3.63) is 53.1 Å². The number of carbonyl (C=O) groups is 1. The fraction of sp³-hybridized carbons (Fsp3) is 0.391. The number of hydrogen-bond donors (Lipinski definition) is 1. The van der Waals surface area contributed by atoms with Crippen molar-refractivity contribution in [3.63, 3.8) is 0 Å². The summed E-state index contributed by atoms with van der Waals surface area (Å²) >= 11 is 0. The molecule has 0 heterocycles. The number of benzene rings is 2. The number of nitrogens with zero attached hydrogens (tertiary/aromatic N) is 1. The number of methoxy groups -OCH3 is 1. The fourth-order valence-corrected chi connectivity index (χ4v) is 2.90. The van der Waals surface area contributed by atoms with Crippen LogP contribution in [-0.2, 0) is 11.2 Å². The lowest BCUT2D eigenvalue weighted by atomic mass is 10.0. The van der Waals surface area contributed by atoms with Crippen molar-refractivity contribution in [2.24, 2.45) is 5.10 Å². The van der Waals surface area contributed by atoms with Crippen molar-refractivity contribution in [3.8, 4) is 17.2 Å². The molecule has 156 valence electrons. The standard InChI is InChI=1S/C23H30N2O4/c1-5-28-21-13-10-18(15-22(21)29-6-2)16-24-25-23(26)9-7-8-19-11-12-20(27-4)14-17(19)3/h10-16H,5-9H2,1-4H3,(H,25,26)/b24-16-. The topological polar surface area (TPSA) is 69.2 Å². The molecular formula is C23H30N2O4. The average Bonchev–Trinajstić information content (AvgIpc) is 2.71. The highest BCUT2D eigenvalue weighted by atomic mass is 16.5. The van der Waals surface area contributed by atoms with Crippen molar-refractivity contribution in [1.29, 1.82) is 0 Å². The summed E-state index contributed by atoms with van der Waals surface area (Å²) in [6, 6.07) is 11.6. The molecule has 0 atom stereocenters. The van der Waals surface area contributed by atoms with Gasteiger partial charge >= 0.3 is 0 Å². The van der Waals surface area contributed by atoms with Gasteiger partial charge in [-0.05, 0) is 80.6 Å². The normalized spacial score (nSPS) is 10.8. The van der Waals surface area contributed by atoms with Gasteiger partial charge in [0.2, 0.25) is 5.91 Å². The summed E-state index contributed by atoms with van der Waals surface area (Å²) in [4.78, 5) is 12.0. The van der Waals surface area contributed by atoms with Crippen LogP contribution in [0.3, 0.4) is 0 Å². The first-order chi connectivity index (χ1) is 14.1. The molecule has 0 unspecified atom stereocenters. The van der Waals surface area contributed by atoms with E-state index in [0.717, 1.165) is 24.2 Å². The lowest BCUT2D eigenvalue weighted by Gasteiger charge is -2.11. The van der Waals surface area contributed by atoms with Crippen molar-refractivity contribution < 1.29 is 19.0 Å². The Bertz CT molecular complexity index is 834. The molecule has 0 spiro atoms. The second-order valence-corrected chi connectivity index (χ2v) is 6.51. The number of hydrazone groups is 1. The van der Waals surface area contributed by atoms with E-state index in [-0.39, 0.29) is 5.91 Å². The molecule has 0 saturated carbocycles. The number of aryl methyl sites for hydroxylation is 2. The molecule has 0 fully saturated rings. The van der Waals surface area contributed by atoms with Gasteiger partial charge in [0, 0.05) is 6.42 Å². The van der Waals surface area contributed by atoms with Crippen LogP contribution in [0.25, 0.3) is 0 Å². The largest absolute Gasteiger partial charge is 0.497 e. The highest BCUT2D eigenvalue weighted by Crippen LogP contribution is 2.28. The Hall–Kier alpha value is -3.02. The molecule has 0 radical (unpaired) electrons. The molecule has 0 aliphatic heterocycles. The summed E-state index contributed by atoms with van der Waals surface area (Å²) in [5.41, 5.74) is 5.80. The molecule has 2 rings (SSSR count). The second-order valence-electron chi connectivity index (χ2n) is 6.51. The van der Waals surface area contributed by atoms with Crippen molar-refractivity contribution >= 4 is 12.1 Å². The van der Waals surface area contributed by atoms with Crippen LogP contribution in [0.4, 0.5) is 0 Å². The zero-order valence-corrected chi connectivity index (χ0v) is 17.7. The summed E-state index contributed by atoms with van der Waals surface area (Å²) in [6.45, 7) is 7.01. The Kier molecular flexibility index (Phi) is 9.02. The number of hydrogen-bond acceptors (Lipinski definition) is 5. The second kappa shape index (κ2) is 11.7. The van der Waals surface area contributed by atoms with Crippen LogP contribution < -0.4 is 19.6 Å². The minimum atomic E-state index is -0.108. The third-order valence-electron chi connectivity index (χ3n) is 4.37. The first-order valence-electron chi connectivity index (χ1n) is 9.92. The summed E-state index contributed by atoms with van der Waals surface area (Å²) < 4.78 is 16.4. The highest BCUT2D eigenvalue weighted by Gasteiger charge is 2.06. The van der Waals surface area contributed by atoms with Crippen LogP contribution in [0.15, 0.2) is 41.5 Å². The molecule has 29 heavy (non-hydrogen) atoms. The Morgan fingerprint density at radius 2 is 1.83 bits per heavy atom. The maximum atomic E-state index is 12.0. The van der Waals surface area contributed by atoms with Crippen LogP contribution in [-0.4, -0.2) is 32.4 Å². The molecule has 1 amide bonds. The third kappa shape index (κ3) is 7.14. The zero-order valence-electron chi connectivity index (χ0n) is 17.7. The average molecular weight is 399 g/mol. The van der Waals surface area contributed by atoms with Gasteiger partial charge in [0.1, 0.15) is 5.75 Å². The number of nitrogens with one attached hydrogen (secondary N) is 1. The van der Waals surface area contributed by atoms with E-state index in [4.69, 9.17) is 14.2 Å². The van der Waals surface area contributed by atoms with E-state index in [0.29, 0.717) is 31.1 Å². The molecule has 0 aliphatic rings. The number of ether oxygens (including phenoxy) is 3. The predicted octanol–water partition coefficient (Wildman–Crippen LogP) is 4.27. The van der Waals surface area contributed by atoms with Crippen molar-refractivity contribution in [1.82, 2.24) is 5.43 Å². The number of carbonyl (C=O) groups excluding carboxylic acids is 1. The van der Waals surface area contributed by atoms with Crippen LogP contribution in [0.5, 0.6) is 17.2 Å². The van der Waals surface area contributed by atoms with Gasteiger partial charge < -0.3 is 14.2 Å². The zero-order chi connectivity index (χ0) is 21.1. The predicted molar refractivity (Wildman–Crippen MR) is 115 cm³/mol. The van der Waals surface area contributed by atoms with E-state index >= 15 is 0 Å². The van der Waals surface area contributed by atoms with Crippen molar-refractivity contribution in [2.45, 2.75) is 40.0 Å². The van der Waals surface area contributed by atoms with Crippen LogP contribution >= 0.6 is 0 Å². The van der Waals surface area contributed by atoms with Gasteiger partial charge in [0.15, 0.2) is 11.5 Å². The van der Waals surface area contributed by atoms with E-state index in [9.17, 15) is 4.79 Å². The maximum absolute atomic E-state index is 12.0. The van der Waals surface area contributed by atoms with E-state index < -0.39 is 0 Å². The Balaban J connectivity index is 1.82. The van der Waals surface area contributed by atoms with Crippen LogP contribution in [0, 0.1) is 6.92 Å². The molecule has 0 aliphatic carbocycles. The van der Waals surface area contributed by atoms with E-state index in [2.05, 4.69) is 17.5 Å². The Labute approximate surface area is 172 Å². The molecular weight excluding hydrogens is 368 g/mol. The van der Waals surface area contributed by atoms with Gasteiger partial charge in [-0.15, -0.1) is 0 Å². The molecule has 2 aromatic rings. The molecule has 6 nitrogen and oxygen atoms in total. The summed E-state index contributed by atoms with van der Waals surface area (Å²) in [6.07, 6.45) is 3.61. The smallest absolute Gasteiger partial charge is 0.240 e. The van der Waals surface area contributed by atoms with E-state index in [1.807, 2.05) is 50.2 Å². The van der Waals surface area contributed by atoms with E-state index in [1.54, 1.807) is 13.3 Å². The maximum Gasteiger partial charge on any atom is 0.240 e. The molecule has 0 saturated heterocycles. The molecule has 0 aromatic heterocycles. The third-order valence-corrected chi connectivity index (χ3v) is 4.37. The highest BCUT2D eigenvalue weighted by molar-refractivity contribution is 5.83. The SMILES string of the molecule is CCOc1ccc(/C=N\NC(=O)CCCc2ccc(OC)cc2C)cc1OCC. The molecule has 1 N–H and O–H groups in total. The summed E-state index contributed by atoms with van der Waals surface area (Å²) in [5.74, 6) is 2.10. The first-order valence-corrected chi connectivity index (χ1v) is 9.92. The first kappa shape index (κ1) is 22.3. The minimum absolute atomic E-state index is 0.108. The van der Waals surface area contributed by atoms with E-state index in [1.165, 1.54) is 11.1 Å². The summed E-state index contributed by atoms with van der Waals surface area (Å²) in [5, 5.41) is 4.05. The van der Waals surface area contributed by atoms with Crippen LogP contribution in [0.2, 0.25) is 0 Å². The lowest BCUT2D eigenvalue weighted by molar-refractivity contribution is -0.121. The number of amides is 1. The molecule has 6 heteroatoms. The summed E-state index contributed by atoms with van der Waals surface area (Å²) in [7, 11) is 1.66. The van der Waals surface area contributed by atoms with Gasteiger partial charge in [-0.25, -0.2) is 5.43 Å². The van der Waals surface area contributed by atoms with Gasteiger partial charge in [-0.3, -0.25) is 4.79 Å². The molecule has 0 bridgehead atoms.